The van der Waals surface area contributed by atoms with Gasteiger partial charge >= 0.3 is 6.18 Å². The fourth-order valence-electron chi connectivity index (χ4n) is 10.3. The highest BCUT2D eigenvalue weighted by Gasteiger charge is 2.43. The molecule has 3 heterocycles. The maximum Gasteiger partial charge on any atom is 0.416 e. The average molecular weight is 856 g/mol. The second-order valence-corrected chi connectivity index (χ2v) is 16.6. The van der Waals surface area contributed by atoms with Crippen molar-refractivity contribution in [1.29, 1.82) is 10.5 Å². The highest BCUT2D eigenvalue weighted by molar-refractivity contribution is 7.00. The van der Waals surface area contributed by atoms with Gasteiger partial charge in [0.05, 0.1) is 45.5 Å². The van der Waals surface area contributed by atoms with E-state index in [1.54, 1.807) is 6.07 Å². The van der Waals surface area contributed by atoms with Crippen molar-refractivity contribution in [1.82, 2.24) is 4.57 Å². The minimum absolute atomic E-state index is 0.0348. The zero-order valence-corrected chi connectivity index (χ0v) is 35.0. The molecule has 0 fully saturated rings. The van der Waals surface area contributed by atoms with Crippen molar-refractivity contribution in [2.45, 2.75) is 6.18 Å². The number of benzene rings is 9. The lowest BCUT2D eigenvalue weighted by Gasteiger charge is -2.44. The number of alkyl halides is 3. The summed E-state index contributed by atoms with van der Waals surface area (Å²) in [5.41, 5.74) is 14.1. The van der Waals surface area contributed by atoms with Crippen molar-refractivity contribution >= 4 is 79.0 Å². The van der Waals surface area contributed by atoms with Gasteiger partial charge in [-0.15, -0.1) is 0 Å². The molecule has 310 valence electrons. The van der Waals surface area contributed by atoms with Crippen molar-refractivity contribution < 1.29 is 13.2 Å². The van der Waals surface area contributed by atoms with E-state index in [2.05, 4.69) is 137 Å². The van der Waals surface area contributed by atoms with Gasteiger partial charge in [-0.25, -0.2) is 0 Å². The number of aromatic nitrogens is 1. The second-order valence-electron chi connectivity index (χ2n) is 16.6. The molecule has 0 spiro atoms. The van der Waals surface area contributed by atoms with E-state index >= 15 is 0 Å². The van der Waals surface area contributed by atoms with E-state index in [0.717, 1.165) is 79.2 Å². The number of hydrogen-bond donors (Lipinski definition) is 0. The molecule has 0 saturated heterocycles. The molecule has 0 amide bonds. The van der Waals surface area contributed by atoms with Crippen LogP contribution >= 0.6 is 0 Å². The quantitative estimate of drug-likeness (QED) is 0.162. The van der Waals surface area contributed by atoms with E-state index in [9.17, 15) is 23.7 Å². The van der Waals surface area contributed by atoms with E-state index in [0.29, 0.717) is 11.3 Å². The molecule has 0 radical (unpaired) electrons. The van der Waals surface area contributed by atoms with Crippen molar-refractivity contribution in [2.24, 2.45) is 0 Å². The summed E-state index contributed by atoms with van der Waals surface area (Å²) in [6.07, 6.45) is -4.63. The molecule has 5 nitrogen and oxygen atoms in total. The van der Waals surface area contributed by atoms with Crippen LogP contribution < -0.4 is 26.2 Å². The summed E-state index contributed by atoms with van der Waals surface area (Å²) in [6, 6.07) is 69.4. The third-order valence-electron chi connectivity index (χ3n) is 13.0. The highest BCUT2D eigenvalue weighted by Crippen LogP contribution is 2.47. The first-order valence-electron chi connectivity index (χ1n) is 21.6. The molecule has 0 atom stereocenters. The van der Waals surface area contributed by atoms with Crippen molar-refractivity contribution in [2.75, 3.05) is 9.80 Å². The number of nitrogens with zero attached hydrogens (tertiary/aromatic N) is 5. The van der Waals surface area contributed by atoms with Gasteiger partial charge in [0.2, 0.25) is 0 Å². The Balaban J connectivity index is 1.12. The van der Waals surface area contributed by atoms with Gasteiger partial charge < -0.3 is 14.4 Å². The molecule has 0 N–H and O–H groups in total. The normalized spacial score (nSPS) is 12.7. The maximum atomic E-state index is 14.4. The van der Waals surface area contributed by atoms with Crippen LogP contribution in [0.15, 0.2) is 200 Å². The molecule has 66 heavy (non-hydrogen) atoms. The van der Waals surface area contributed by atoms with Crippen LogP contribution in [0.4, 0.5) is 47.3 Å². The monoisotopic (exact) mass is 855 g/mol. The minimum Gasteiger partial charge on any atom is -0.311 e. The number of nitriles is 2. The zero-order chi connectivity index (χ0) is 44.7. The second kappa shape index (κ2) is 14.9. The van der Waals surface area contributed by atoms with Crippen LogP contribution in [0.1, 0.15) is 16.7 Å². The van der Waals surface area contributed by atoms with Gasteiger partial charge in [-0.1, -0.05) is 103 Å². The molecule has 0 bridgehead atoms. The Hall–Kier alpha value is -8.79. The van der Waals surface area contributed by atoms with E-state index in [4.69, 9.17) is 0 Å². The predicted molar refractivity (Wildman–Crippen MR) is 260 cm³/mol. The topological polar surface area (TPSA) is 59.0 Å². The van der Waals surface area contributed by atoms with Gasteiger partial charge in [0.1, 0.15) is 0 Å². The Labute approximate surface area is 378 Å². The average Bonchev–Trinajstić information content (AvgIpc) is 3.69. The summed E-state index contributed by atoms with van der Waals surface area (Å²) in [5, 5.41) is 21.7. The standard InChI is InChI=1S/C57H33BF3N5/c59-57(60,61)40-25-28-51(46(33-40)43-26-23-36(34-62)29-39(43)35-63)66-49-20-10-7-17-44(49)45-30-37(24-27-50(45)66)38-31-54-56-55(32-38)65(42-15-5-2-6-16-42)53-22-12-9-19-48(53)58(56)47-18-8-11-21-52(47)64(54)41-13-3-1-4-14-41/h1-33H. The number of rotatable bonds is 5. The van der Waals surface area contributed by atoms with Crippen molar-refractivity contribution in [3.8, 4) is 40.1 Å². The molecule has 12 rings (SSSR count). The Morgan fingerprint density at radius 3 is 1.65 bits per heavy atom. The molecule has 0 unspecified atom stereocenters. The van der Waals surface area contributed by atoms with Gasteiger partial charge in [0.15, 0.2) is 0 Å². The van der Waals surface area contributed by atoms with Crippen LogP contribution in [-0.4, -0.2) is 11.3 Å². The minimum atomic E-state index is -4.63. The molecule has 0 aliphatic carbocycles. The molecule has 2 aliphatic rings. The fourth-order valence-corrected chi connectivity index (χ4v) is 10.3. The summed E-state index contributed by atoms with van der Waals surface area (Å²) >= 11 is 0. The molecule has 9 heteroatoms. The Bertz CT molecular complexity index is 3590. The summed E-state index contributed by atoms with van der Waals surface area (Å²) in [6.45, 7) is -0.0348. The molecular formula is C57H33BF3N5. The lowest BCUT2D eigenvalue weighted by Crippen LogP contribution is -2.61. The maximum absolute atomic E-state index is 14.4. The summed E-state index contributed by atoms with van der Waals surface area (Å²) in [4.78, 5) is 4.75. The van der Waals surface area contributed by atoms with Crippen LogP contribution in [0.25, 0.3) is 49.7 Å². The number of hydrogen-bond acceptors (Lipinski definition) is 4. The van der Waals surface area contributed by atoms with Crippen molar-refractivity contribution in [3.05, 3.63) is 217 Å². The van der Waals surface area contributed by atoms with Crippen LogP contribution in [0.2, 0.25) is 0 Å². The van der Waals surface area contributed by atoms with Crippen LogP contribution in [-0.2, 0) is 6.18 Å². The predicted octanol–water partition coefficient (Wildman–Crippen LogP) is 13.0. The lowest BCUT2D eigenvalue weighted by molar-refractivity contribution is -0.137. The van der Waals surface area contributed by atoms with E-state index in [1.165, 1.54) is 34.6 Å². The lowest BCUT2D eigenvalue weighted by atomic mass is 9.33. The Morgan fingerprint density at radius 2 is 1.03 bits per heavy atom. The Morgan fingerprint density at radius 1 is 0.439 bits per heavy atom. The first-order chi connectivity index (χ1) is 32.3. The smallest absolute Gasteiger partial charge is 0.311 e. The SMILES string of the molecule is N#Cc1ccc(-c2cc(C(F)(F)F)ccc2-n2c3ccccc3c3cc(-c4cc5c6c(c4)N(c4ccccc4)c4ccccc4B6c4ccccc4N5c4ccccc4)ccc32)c(C#N)c1. The summed E-state index contributed by atoms with van der Waals surface area (Å²) < 4.78 is 45.2. The van der Waals surface area contributed by atoms with Gasteiger partial charge in [-0.3, -0.25) is 0 Å². The molecule has 10 aromatic rings. The van der Waals surface area contributed by atoms with Gasteiger partial charge in [0.25, 0.3) is 6.71 Å². The van der Waals surface area contributed by atoms with Crippen LogP contribution in [0, 0.1) is 22.7 Å². The molecule has 1 aromatic heterocycles. The van der Waals surface area contributed by atoms with Gasteiger partial charge in [-0.2, -0.15) is 23.7 Å². The van der Waals surface area contributed by atoms with Crippen LogP contribution in [0.5, 0.6) is 0 Å². The zero-order valence-electron chi connectivity index (χ0n) is 35.0. The third kappa shape index (κ3) is 5.95. The first-order valence-corrected chi connectivity index (χ1v) is 21.6. The van der Waals surface area contributed by atoms with Gasteiger partial charge in [-0.05, 0) is 125 Å². The first kappa shape index (κ1) is 38.9. The van der Waals surface area contributed by atoms with E-state index < -0.39 is 11.7 Å². The largest absolute Gasteiger partial charge is 0.416 e. The molecule has 2 aliphatic heterocycles. The number of fused-ring (bicyclic) bond motifs is 7. The fraction of sp³-hybridized carbons (Fsp3) is 0.0175. The van der Waals surface area contributed by atoms with Gasteiger partial charge in [0, 0.05) is 56.0 Å². The van der Waals surface area contributed by atoms with E-state index in [1.807, 2.05) is 53.1 Å². The molecular weight excluding hydrogens is 822 g/mol. The summed E-state index contributed by atoms with van der Waals surface area (Å²) in [5.74, 6) is 0. The molecule has 9 aromatic carbocycles. The van der Waals surface area contributed by atoms with Crippen LogP contribution in [0.3, 0.4) is 0 Å². The summed E-state index contributed by atoms with van der Waals surface area (Å²) in [7, 11) is 0. The highest BCUT2D eigenvalue weighted by atomic mass is 19.4. The number of anilines is 6. The molecule has 0 saturated carbocycles. The van der Waals surface area contributed by atoms with Crippen molar-refractivity contribution in [3.63, 3.8) is 0 Å². The third-order valence-corrected chi connectivity index (χ3v) is 13.0. The number of para-hydroxylation sites is 5. The van der Waals surface area contributed by atoms with E-state index in [-0.39, 0.29) is 23.4 Å². The Kier molecular flexibility index (Phi) is 8.78. The number of halogens is 3.